The van der Waals surface area contributed by atoms with Crippen LogP contribution < -0.4 is 15.4 Å². The minimum Gasteiger partial charge on any atom is -0.497 e. The van der Waals surface area contributed by atoms with Gasteiger partial charge in [0.05, 0.1) is 13.7 Å². The van der Waals surface area contributed by atoms with E-state index in [9.17, 15) is 9.59 Å². The Morgan fingerprint density at radius 2 is 2.10 bits per heavy atom. The molecule has 0 bridgehead atoms. The molecular formula is C15H22N2O4. The van der Waals surface area contributed by atoms with Crippen LogP contribution in [0.15, 0.2) is 24.3 Å². The van der Waals surface area contributed by atoms with Gasteiger partial charge in [0.25, 0.3) is 0 Å². The summed E-state index contributed by atoms with van der Waals surface area (Å²) in [6.07, 6.45) is 0.724. The molecule has 1 aromatic rings. The zero-order valence-electron chi connectivity index (χ0n) is 12.6. The summed E-state index contributed by atoms with van der Waals surface area (Å²) in [6.45, 7) is 3.70. The van der Waals surface area contributed by atoms with E-state index in [4.69, 9.17) is 9.84 Å². The summed E-state index contributed by atoms with van der Waals surface area (Å²) in [4.78, 5) is 23.0. The maximum Gasteiger partial charge on any atom is 0.320 e. The van der Waals surface area contributed by atoms with Crippen LogP contribution >= 0.6 is 0 Å². The van der Waals surface area contributed by atoms with Crippen molar-refractivity contribution in [2.75, 3.05) is 19.0 Å². The van der Waals surface area contributed by atoms with Crippen molar-refractivity contribution < 1.29 is 19.4 Å². The molecule has 0 aliphatic heterocycles. The Morgan fingerprint density at radius 3 is 2.67 bits per heavy atom. The number of rotatable bonds is 8. The Bertz CT molecular complexity index is 490. The molecular weight excluding hydrogens is 272 g/mol. The lowest BCUT2D eigenvalue weighted by molar-refractivity contribution is -0.140. The average Bonchev–Trinajstić information content (AvgIpc) is 2.46. The molecule has 0 saturated heterocycles. The summed E-state index contributed by atoms with van der Waals surface area (Å²) >= 11 is 0. The van der Waals surface area contributed by atoms with Crippen LogP contribution in [-0.4, -0.2) is 36.7 Å². The third-order valence-corrected chi connectivity index (χ3v) is 3.32. The number of methoxy groups -OCH3 is 1. The molecule has 0 radical (unpaired) electrons. The number of aliphatic carboxylic acids is 1. The molecule has 0 unspecified atom stereocenters. The van der Waals surface area contributed by atoms with Crippen LogP contribution in [0.3, 0.4) is 0 Å². The van der Waals surface area contributed by atoms with Crippen molar-refractivity contribution in [2.45, 2.75) is 26.3 Å². The summed E-state index contributed by atoms with van der Waals surface area (Å²) < 4.78 is 5.07. The van der Waals surface area contributed by atoms with Gasteiger partial charge in [0.1, 0.15) is 11.8 Å². The number of benzene rings is 1. The van der Waals surface area contributed by atoms with Gasteiger partial charge in [-0.3, -0.25) is 14.9 Å². The van der Waals surface area contributed by atoms with Crippen molar-refractivity contribution >= 4 is 17.6 Å². The topological polar surface area (TPSA) is 87.7 Å². The maximum absolute atomic E-state index is 11.8. The molecule has 6 heteroatoms. The summed E-state index contributed by atoms with van der Waals surface area (Å²) in [5.41, 5.74) is 0.608. The molecule has 2 atom stereocenters. The van der Waals surface area contributed by atoms with E-state index in [0.717, 1.165) is 6.42 Å². The van der Waals surface area contributed by atoms with Crippen molar-refractivity contribution in [2.24, 2.45) is 5.92 Å². The van der Waals surface area contributed by atoms with E-state index in [1.54, 1.807) is 31.4 Å². The summed E-state index contributed by atoms with van der Waals surface area (Å²) in [6, 6.07) is 6.25. The van der Waals surface area contributed by atoms with Crippen molar-refractivity contribution in [1.29, 1.82) is 0 Å². The molecule has 116 valence electrons. The molecule has 21 heavy (non-hydrogen) atoms. The van der Waals surface area contributed by atoms with Crippen LogP contribution in [0, 0.1) is 5.92 Å². The van der Waals surface area contributed by atoms with Crippen LogP contribution in [0.5, 0.6) is 5.75 Å². The summed E-state index contributed by atoms with van der Waals surface area (Å²) in [5, 5.41) is 14.6. The predicted octanol–water partition coefficient (Wildman–Crippen LogP) is 1.72. The van der Waals surface area contributed by atoms with Crippen molar-refractivity contribution in [3.8, 4) is 5.75 Å². The minimum atomic E-state index is -0.946. The summed E-state index contributed by atoms with van der Waals surface area (Å²) in [7, 11) is 1.55. The number of ether oxygens (including phenoxy) is 1. The highest BCUT2D eigenvalue weighted by atomic mass is 16.5. The Labute approximate surface area is 124 Å². The number of amides is 1. The fraction of sp³-hybridized carbons (Fsp3) is 0.467. The Kier molecular flexibility index (Phi) is 6.68. The maximum atomic E-state index is 11.8. The average molecular weight is 294 g/mol. The predicted molar refractivity (Wildman–Crippen MR) is 80.5 cm³/mol. The van der Waals surface area contributed by atoms with E-state index < -0.39 is 12.0 Å². The fourth-order valence-corrected chi connectivity index (χ4v) is 1.88. The first-order valence-corrected chi connectivity index (χ1v) is 6.88. The van der Waals surface area contributed by atoms with Gasteiger partial charge < -0.3 is 15.2 Å². The van der Waals surface area contributed by atoms with Crippen LogP contribution in [0.25, 0.3) is 0 Å². The zero-order chi connectivity index (χ0) is 15.8. The molecule has 0 heterocycles. The Balaban J connectivity index is 2.54. The van der Waals surface area contributed by atoms with Crippen LogP contribution in [0.1, 0.15) is 20.3 Å². The van der Waals surface area contributed by atoms with Crippen molar-refractivity contribution in [3.05, 3.63) is 24.3 Å². The largest absolute Gasteiger partial charge is 0.497 e. The normalized spacial score (nSPS) is 13.3. The number of carbonyl (C=O) groups is 2. The molecule has 0 saturated carbocycles. The molecule has 0 aliphatic carbocycles. The Hall–Kier alpha value is -2.08. The molecule has 1 rings (SSSR count). The molecule has 1 aromatic carbocycles. The van der Waals surface area contributed by atoms with E-state index in [1.807, 2.05) is 13.8 Å². The lowest BCUT2D eigenvalue weighted by Crippen LogP contribution is -2.45. The fourth-order valence-electron chi connectivity index (χ4n) is 1.88. The minimum absolute atomic E-state index is 0.0490. The first kappa shape index (κ1) is 17.0. The van der Waals surface area contributed by atoms with Gasteiger partial charge in [0, 0.05) is 11.8 Å². The van der Waals surface area contributed by atoms with E-state index in [-0.39, 0.29) is 18.4 Å². The van der Waals surface area contributed by atoms with Crippen LogP contribution in [0.2, 0.25) is 0 Å². The van der Waals surface area contributed by atoms with Gasteiger partial charge in [-0.2, -0.15) is 0 Å². The summed E-state index contributed by atoms with van der Waals surface area (Å²) in [5.74, 6) is -0.646. The monoisotopic (exact) mass is 294 g/mol. The SMILES string of the molecule is CC[C@H](C)[C@H](NCC(=O)Nc1cccc(OC)c1)C(=O)O. The number of hydrogen-bond acceptors (Lipinski definition) is 4. The van der Waals surface area contributed by atoms with Crippen LogP contribution in [-0.2, 0) is 9.59 Å². The smallest absolute Gasteiger partial charge is 0.320 e. The zero-order valence-corrected chi connectivity index (χ0v) is 12.6. The second kappa shape index (κ2) is 8.26. The van der Waals surface area contributed by atoms with Gasteiger partial charge >= 0.3 is 5.97 Å². The molecule has 3 N–H and O–H groups in total. The molecule has 0 aliphatic rings. The van der Waals surface area contributed by atoms with Gasteiger partial charge in [0.2, 0.25) is 5.91 Å². The lowest BCUT2D eigenvalue weighted by Gasteiger charge is -2.19. The van der Waals surface area contributed by atoms with E-state index in [2.05, 4.69) is 10.6 Å². The third kappa shape index (κ3) is 5.43. The third-order valence-electron chi connectivity index (χ3n) is 3.32. The van der Waals surface area contributed by atoms with Gasteiger partial charge in [0.15, 0.2) is 0 Å². The first-order valence-electron chi connectivity index (χ1n) is 6.88. The first-order chi connectivity index (χ1) is 9.97. The van der Waals surface area contributed by atoms with Crippen LogP contribution in [0.4, 0.5) is 5.69 Å². The van der Waals surface area contributed by atoms with Crippen molar-refractivity contribution in [3.63, 3.8) is 0 Å². The molecule has 0 fully saturated rings. The number of carbonyl (C=O) groups excluding carboxylic acids is 1. The number of nitrogens with one attached hydrogen (secondary N) is 2. The highest BCUT2D eigenvalue weighted by molar-refractivity contribution is 5.92. The second-order valence-corrected chi connectivity index (χ2v) is 4.86. The molecule has 0 spiro atoms. The second-order valence-electron chi connectivity index (χ2n) is 4.86. The number of hydrogen-bond donors (Lipinski definition) is 3. The van der Waals surface area contributed by atoms with Crippen molar-refractivity contribution in [1.82, 2.24) is 5.32 Å². The van der Waals surface area contributed by atoms with E-state index >= 15 is 0 Å². The number of anilines is 1. The van der Waals surface area contributed by atoms with Gasteiger partial charge in [-0.15, -0.1) is 0 Å². The number of carboxylic acid groups (broad SMARTS) is 1. The Morgan fingerprint density at radius 1 is 1.38 bits per heavy atom. The van der Waals surface area contributed by atoms with E-state index in [0.29, 0.717) is 11.4 Å². The lowest BCUT2D eigenvalue weighted by atomic mass is 9.99. The number of carboxylic acids is 1. The van der Waals surface area contributed by atoms with E-state index in [1.165, 1.54) is 0 Å². The van der Waals surface area contributed by atoms with Gasteiger partial charge in [-0.1, -0.05) is 26.3 Å². The highest BCUT2D eigenvalue weighted by Gasteiger charge is 2.23. The highest BCUT2D eigenvalue weighted by Crippen LogP contribution is 2.16. The molecule has 0 aromatic heterocycles. The van der Waals surface area contributed by atoms with Gasteiger partial charge in [-0.05, 0) is 18.1 Å². The molecule has 6 nitrogen and oxygen atoms in total. The van der Waals surface area contributed by atoms with Gasteiger partial charge in [-0.25, -0.2) is 0 Å². The molecule has 1 amide bonds. The quantitative estimate of drug-likeness (QED) is 0.679. The standard InChI is InChI=1S/C15H22N2O4/c1-4-10(2)14(15(19)20)16-9-13(18)17-11-6-5-7-12(8-11)21-3/h5-8,10,14,16H,4,9H2,1-3H3,(H,17,18)(H,19,20)/t10-,14-/m0/s1.